The summed E-state index contributed by atoms with van der Waals surface area (Å²) in [6.45, 7) is 6.04. The highest BCUT2D eigenvalue weighted by Gasteiger charge is 2.29. The van der Waals surface area contributed by atoms with E-state index < -0.39 is 5.92 Å². The molecule has 0 aromatic carbocycles. The van der Waals surface area contributed by atoms with Crippen molar-refractivity contribution in [2.75, 3.05) is 26.7 Å². The Balaban J connectivity index is 3.81. The minimum Gasteiger partial charge on any atom is -0.309 e. The zero-order chi connectivity index (χ0) is 11.2. The van der Waals surface area contributed by atoms with E-state index in [1.165, 1.54) is 0 Å². The first kappa shape index (κ1) is 13.8. The Labute approximate surface area is 85.7 Å². The second-order valence-electron chi connectivity index (χ2n) is 4.13. The molecule has 0 fully saturated rings. The van der Waals surface area contributed by atoms with Gasteiger partial charge >= 0.3 is 0 Å². The highest BCUT2D eigenvalue weighted by molar-refractivity contribution is 4.74. The molecular formula is C10H22F2N2. The van der Waals surface area contributed by atoms with E-state index in [2.05, 4.69) is 5.32 Å². The molecule has 14 heavy (non-hydrogen) atoms. The van der Waals surface area contributed by atoms with Crippen molar-refractivity contribution in [3.8, 4) is 0 Å². The van der Waals surface area contributed by atoms with Crippen LogP contribution in [0.4, 0.5) is 8.78 Å². The quantitative estimate of drug-likeness (QED) is 0.688. The fourth-order valence-corrected chi connectivity index (χ4v) is 1.27. The minimum absolute atomic E-state index is 0.109. The highest BCUT2D eigenvalue weighted by Crippen LogP contribution is 2.13. The summed E-state index contributed by atoms with van der Waals surface area (Å²) < 4.78 is 26.5. The molecule has 0 radical (unpaired) electrons. The van der Waals surface area contributed by atoms with Crippen LogP contribution in [-0.2, 0) is 0 Å². The van der Waals surface area contributed by atoms with Gasteiger partial charge in [0, 0.05) is 6.04 Å². The minimum atomic E-state index is -2.63. The first-order valence-electron chi connectivity index (χ1n) is 5.17. The highest BCUT2D eigenvalue weighted by atomic mass is 19.3. The van der Waals surface area contributed by atoms with Gasteiger partial charge < -0.3 is 10.2 Å². The van der Waals surface area contributed by atoms with Crippen molar-refractivity contribution in [3.63, 3.8) is 0 Å². The van der Waals surface area contributed by atoms with Crippen LogP contribution in [0, 0.1) is 0 Å². The Bertz CT molecular complexity index is 149. The van der Waals surface area contributed by atoms with Gasteiger partial charge in [-0.2, -0.15) is 0 Å². The third-order valence-electron chi connectivity index (χ3n) is 1.88. The van der Waals surface area contributed by atoms with Crippen LogP contribution in [0.3, 0.4) is 0 Å². The molecule has 0 aliphatic rings. The normalized spacial score (nSPS) is 12.9. The van der Waals surface area contributed by atoms with Crippen molar-refractivity contribution < 1.29 is 8.78 Å². The van der Waals surface area contributed by atoms with Gasteiger partial charge in [-0.15, -0.1) is 0 Å². The van der Waals surface area contributed by atoms with Crippen LogP contribution in [0.15, 0.2) is 0 Å². The molecule has 0 aliphatic heterocycles. The predicted molar refractivity (Wildman–Crippen MR) is 55.9 cm³/mol. The summed E-state index contributed by atoms with van der Waals surface area (Å²) in [7, 11) is 1.73. The van der Waals surface area contributed by atoms with Gasteiger partial charge in [-0.3, -0.25) is 0 Å². The van der Waals surface area contributed by atoms with Gasteiger partial charge in [0.05, 0.1) is 13.1 Å². The zero-order valence-corrected chi connectivity index (χ0v) is 9.61. The maximum absolute atomic E-state index is 13.3. The lowest BCUT2D eigenvalue weighted by molar-refractivity contribution is -0.0261. The molecule has 0 heterocycles. The fraction of sp³-hybridized carbons (Fsp3) is 1.00. The van der Waals surface area contributed by atoms with Crippen molar-refractivity contribution in [3.05, 3.63) is 0 Å². The molecule has 4 heteroatoms. The van der Waals surface area contributed by atoms with E-state index in [0.29, 0.717) is 0 Å². The Morgan fingerprint density at radius 1 is 1.36 bits per heavy atom. The third kappa shape index (κ3) is 7.21. The molecule has 2 nitrogen and oxygen atoms in total. The maximum Gasteiger partial charge on any atom is 0.272 e. The van der Waals surface area contributed by atoms with Crippen LogP contribution in [0.1, 0.15) is 27.2 Å². The molecule has 0 aliphatic carbocycles. The molecule has 1 N–H and O–H groups in total. The number of hydrogen-bond donors (Lipinski definition) is 1. The molecule has 0 aromatic heterocycles. The molecule has 0 unspecified atom stereocenters. The number of halogens is 2. The molecule has 0 aromatic rings. The first-order valence-corrected chi connectivity index (χ1v) is 5.17. The molecule has 0 saturated carbocycles. The standard InChI is InChI=1S/C10H22F2N2/c1-5-6-14(4)8-10(11,12)7-13-9(2)3/h9,13H,5-8H2,1-4H3. The third-order valence-corrected chi connectivity index (χ3v) is 1.88. The summed E-state index contributed by atoms with van der Waals surface area (Å²) in [5, 5.41) is 2.76. The van der Waals surface area contributed by atoms with Gasteiger partial charge in [0.1, 0.15) is 0 Å². The number of alkyl halides is 2. The Kier molecular flexibility index (Phi) is 6.20. The van der Waals surface area contributed by atoms with Crippen molar-refractivity contribution in [2.24, 2.45) is 0 Å². The topological polar surface area (TPSA) is 15.3 Å². The lowest BCUT2D eigenvalue weighted by Crippen LogP contribution is -2.44. The average Bonchev–Trinajstić information content (AvgIpc) is 2.00. The molecule has 86 valence electrons. The summed E-state index contributed by atoms with van der Waals surface area (Å²) in [4.78, 5) is 1.67. The summed E-state index contributed by atoms with van der Waals surface area (Å²) in [5.41, 5.74) is 0. The van der Waals surface area contributed by atoms with Crippen LogP contribution >= 0.6 is 0 Å². The molecule has 0 spiro atoms. The first-order chi connectivity index (χ1) is 6.37. The smallest absolute Gasteiger partial charge is 0.272 e. The van der Waals surface area contributed by atoms with Crippen LogP contribution in [0.5, 0.6) is 0 Å². The fourth-order valence-electron chi connectivity index (χ4n) is 1.27. The molecular weight excluding hydrogens is 186 g/mol. The Morgan fingerprint density at radius 3 is 2.36 bits per heavy atom. The van der Waals surface area contributed by atoms with Crippen LogP contribution in [0.2, 0.25) is 0 Å². The van der Waals surface area contributed by atoms with Gasteiger partial charge in [-0.1, -0.05) is 20.8 Å². The van der Waals surface area contributed by atoms with Crippen molar-refractivity contribution in [1.29, 1.82) is 0 Å². The summed E-state index contributed by atoms with van der Waals surface area (Å²) >= 11 is 0. The Hall–Kier alpha value is -0.220. The maximum atomic E-state index is 13.3. The van der Waals surface area contributed by atoms with Gasteiger partial charge in [0.25, 0.3) is 5.92 Å². The van der Waals surface area contributed by atoms with Crippen molar-refractivity contribution >= 4 is 0 Å². The van der Waals surface area contributed by atoms with Gasteiger partial charge in [-0.05, 0) is 20.0 Å². The second kappa shape index (κ2) is 6.30. The number of nitrogens with one attached hydrogen (secondary N) is 1. The van der Waals surface area contributed by atoms with E-state index in [-0.39, 0.29) is 19.1 Å². The number of nitrogens with zero attached hydrogens (tertiary/aromatic N) is 1. The van der Waals surface area contributed by atoms with Crippen molar-refractivity contribution in [2.45, 2.75) is 39.2 Å². The van der Waals surface area contributed by atoms with Gasteiger partial charge in [0.15, 0.2) is 0 Å². The number of rotatable bonds is 7. The average molecular weight is 208 g/mol. The second-order valence-corrected chi connectivity index (χ2v) is 4.13. The van der Waals surface area contributed by atoms with E-state index >= 15 is 0 Å². The predicted octanol–water partition coefficient (Wildman–Crippen LogP) is 1.96. The molecule has 0 amide bonds. The molecule has 0 rings (SSSR count). The van der Waals surface area contributed by atoms with Crippen LogP contribution < -0.4 is 5.32 Å². The van der Waals surface area contributed by atoms with Crippen molar-refractivity contribution in [1.82, 2.24) is 10.2 Å². The Morgan fingerprint density at radius 2 is 1.93 bits per heavy atom. The lowest BCUT2D eigenvalue weighted by Gasteiger charge is -2.24. The van der Waals surface area contributed by atoms with E-state index in [9.17, 15) is 8.78 Å². The summed E-state index contributed by atoms with van der Waals surface area (Å²) in [5.74, 6) is -2.63. The molecule has 0 bridgehead atoms. The molecule has 0 saturated heterocycles. The lowest BCUT2D eigenvalue weighted by atomic mass is 10.2. The summed E-state index contributed by atoms with van der Waals surface area (Å²) in [6.07, 6.45) is 0.907. The van der Waals surface area contributed by atoms with E-state index in [4.69, 9.17) is 0 Å². The zero-order valence-electron chi connectivity index (χ0n) is 9.61. The van der Waals surface area contributed by atoms with Gasteiger partial charge in [-0.25, -0.2) is 8.78 Å². The SMILES string of the molecule is CCCN(C)CC(F)(F)CNC(C)C. The summed E-state index contributed by atoms with van der Waals surface area (Å²) in [6, 6.07) is 0.109. The van der Waals surface area contributed by atoms with Crippen LogP contribution in [-0.4, -0.2) is 43.5 Å². The van der Waals surface area contributed by atoms with E-state index in [1.807, 2.05) is 20.8 Å². The largest absolute Gasteiger partial charge is 0.309 e. The monoisotopic (exact) mass is 208 g/mol. The van der Waals surface area contributed by atoms with E-state index in [1.54, 1.807) is 11.9 Å². The van der Waals surface area contributed by atoms with Gasteiger partial charge in [0.2, 0.25) is 0 Å². The molecule has 0 atom stereocenters. The number of hydrogen-bond acceptors (Lipinski definition) is 2. The van der Waals surface area contributed by atoms with E-state index in [0.717, 1.165) is 13.0 Å². The van der Waals surface area contributed by atoms with Crippen LogP contribution in [0.25, 0.3) is 0 Å².